The molecule has 6 heteroatoms. The normalized spacial score (nSPS) is 11.4. The zero-order valence-electron chi connectivity index (χ0n) is 14.4. The number of rotatable bonds is 5. The van der Waals surface area contributed by atoms with Crippen molar-refractivity contribution in [2.75, 3.05) is 32.1 Å². The van der Waals surface area contributed by atoms with E-state index in [2.05, 4.69) is 9.88 Å². The molecule has 5 nitrogen and oxygen atoms in total. The van der Waals surface area contributed by atoms with Gasteiger partial charge in [-0.05, 0) is 46.1 Å². The maximum absolute atomic E-state index is 13.1. The van der Waals surface area contributed by atoms with Gasteiger partial charge in [-0.2, -0.15) is 0 Å². The van der Waals surface area contributed by atoms with Crippen LogP contribution in [0.15, 0.2) is 34.7 Å². The molecule has 126 valence electrons. The number of thiazole rings is 1. The molecule has 0 aliphatic heterocycles. The Labute approximate surface area is 145 Å². The van der Waals surface area contributed by atoms with E-state index in [4.69, 9.17) is 4.42 Å². The van der Waals surface area contributed by atoms with Crippen molar-refractivity contribution in [3.63, 3.8) is 0 Å². The largest absolute Gasteiger partial charge is 0.466 e. The third-order valence-electron chi connectivity index (χ3n) is 3.80. The second-order valence-electron chi connectivity index (χ2n) is 6.05. The van der Waals surface area contributed by atoms with Crippen LogP contribution >= 0.6 is 11.3 Å². The Morgan fingerprint density at radius 1 is 1.21 bits per heavy atom. The van der Waals surface area contributed by atoms with Gasteiger partial charge >= 0.3 is 0 Å². The number of para-hydroxylation sites is 1. The highest BCUT2D eigenvalue weighted by Gasteiger charge is 2.24. The summed E-state index contributed by atoms with van der Waals surface area (Å²) in [7, 11) is 3.99. The number of furan rings is 1. The van der Waals surface area contributed by atoms with Gasteiger partial charge < -0.3 is 9.32 Å². The molecule has 1 amide bonds. The van der Waals surface area contributed by atoms with E-state index >= 15 is 0 Å². The first-order chi connectivity index (χ1) is 11.5. The van der Waals surface area contributed by atoms with E-state index in [1.807, 2.05) is 52.2 Å². The van der Waals surface area contributed by atoms with Gasteiger partial charge in [0.15, 0.2) is 5.13 Å². The van der Waals surface area contributed by atoms with Gasteiger partial charge in [-0.15, -0.1) is 0 Å². The lowest BCUT2D eigenvalue weighted by Crippen LogP contribution is -2.36. The number of aryl methyl sites for hydroxylation is 2. The van der Waals surface area contributed by atoms with Crippen molar-refractivity contribution in [1.29, 1.82) is 0 Å². The first kappa shape index (κ1) is 16.7. The van der Waals surface area contributed by atoms with E-state index in [0.29, 0.717) is 17.9 Å². The second-order valence-corrected chi connectivity index (χ2v) is 7.06. The molecule has 0 saturated heterocycles. The minimum Gasteiger partial charge on any atom is -0.466 e. The standard InChI is InChI=1S/C18H21N3O2S/c1-12-11-14(13(2)23-12)17(22)21(10-9-20(3)4)18-19-15-7-5-6-8-16(15)24-18/h5-8,11H,9-10H2,1-4H3. The molecular formula is C18H21N3O2S. The fraction of sp³-hybridized carbons (Fsp3) is 0.333. The lowest BCUT2D eigenvalue weighted by atomic mass is 10.2. The van der Waals surface area contributed by atoms with Crippen LogP contribution in [-0.2, 0) is 0 Å². The van der Waals surface area contributed by atoms with Crippen molar-refractivity contribution in [2.45, 2.75) is 13.8 Å². The summed E-state index contributed by atoms with van der Waals surface area (Å²) in [4.78, 5) is 21.5. The van der Waals surface area contributed by atoms with Crippen LogP contribution in [0.2, 0.25) is 0 Å². The number of carbonyl (C=O) groups is 1. The quantitative estimate of drug-likeness (QED) is 0.708. The van der Waals surface area contributed by atoms with E-state index in [0.717, 1.165) is 27.7 Å². The van der Waals surface area contributed by atoms with Crippen LogP contribution in [0.5, 0.6) is 0 Å². The molecule has 0 N–H and O–H groups in total. The van der Waals surface area contributed by atoms with Crippen LogP contribution in [0.3, 0.4) is 0 Å². The fourth-order valence-corrected chi connectivity index (χ4v) is 3.54. The molecule has 3 rings (SSSR count). The highest BCUT2D eigenvalue weighted by atomic mass is 32.1. The Balaban J connectivity index is 1.99. The third-order valence-corrected chi connectivity index (χ3v) is 4.86. The molecule has 0 spiro atoms. The molecule has 0 aliphatic carbocycles. The summed E-state index contributed by atoms with van der Waals surface area (Å²) in [6, 6.07) is 9.74. The zero-order valence-corrected chi connectivity index (χ0v) is 15.2. The molecule has 0 fully saturated rings. The summed E-state index contributed by atoms with van der Waals surface area (Å²) in [5.74, 6) is 1.33. The van der Waals surface area contributed by atoms with Gasteiger partial charge in [0.25, 0.3) is 5.91 Å². The number of nitrogens with zero attached hydrogens (tertiary/aromatic N) is 3. The minimum atomic E-state index is -0.0646. The molecule has 0 radical (unpaired) electrons. The number of aromatic nitrogens is 1. The number of carbonyl (C=O) groups excluding carboxylic acids is 1. The van der Waals surface area contributed by atoms with Crippen molar-refractivity contribution < 1.29 is 9.21 Å². The molecule has 0 unspecified atom stereocenters. The molecule has 24 heavy (non-hydrogen) atoms. The SMILES string of the molecule is Cc1cc(C(=O)N(CCN(C)C)c2nc3ccccc3s2)c(C)o1. The highest BCUT2D eigenvalue weighted by molar-refractivity contribution is 7.22. The summed E-state index contributed by atoms with van der Waals surface area (Å²) in [6.45, 7) is 5.02. The van der Waals surface area contributed by atoms with Gasteiger partial charge in [0.2, 0.25) is 0 Å². The van der Waals surface area contributed by atoms with Crippen LogP contribution < -0.4 is 4.90 Å². The number of likely N-dealkylation sites (N-methyl/N-ethyl adjacent to an activating group) is 1. The topological polar surface area (TPSA) is 49.6 Å². The fourth-order valence-electron chi connectivity index (χ4n) is 2.55. The van der Waals surface area contributed by atoms with E-state index in [9.17, 15) is 4.79 Å². The average molecular weight is 343 g/mol. The number of hydrogen-bond donors (Lipinski definition) is 0. The van der Waals surface area contributed by atoms with Gasteiger partial charge in [-0.3, -0.25) is 9.69 Å². The highest BCUT2D eigenvalue weighted by Crippen LogP contribution is 2.30. The van der Waals surface area contributed by atoms with Gasteiger partial charge in [0.1, 0.15) is 11.5 Å². The van der Waals surface area contributed by atoms with E-state index < -0.39 is 0 Å². The molecule has 0 saturated carbocycles. The zero-order chi connectivity index (χ0) is 17.3. The summed E-state index contributed by atoms with van der Waals surface area (Å²) in [6.07, 6.45) is 0. The van der Waals surface area contributed by atoms with Gasteiger partial charge in [0, 0.05) is 13.1 Å². The number of anilines is 1. The molecule has 2 aromatic heterocycles. The number of fused-ring (bicyclic) bond motifs is 1. The summed E-state index contributed by atoms with van der Waals surface area (Å²) >= 11 is 1.54. The third kappa shape index (κ3) is 3.34. The van der Waals surface area contributed by atoms with Crippen molar-refractivity contribution in [3.05, 3.63) is 47.4 Å². The monoisotopic (exact) mass is 343 g/mol. The van der Waals surface area contributed by atoms with Crippen LogP contribution in [0.25, 0.3) is 10.2 Å². The van der Waals surface area contributed by atoms with Gasteiger partial charge in [-0.25, -0.2) is 4.98 Å². The average Bonchev–Trinajstić information content (AvgIpc) is 3.09. The van der Waals surface area contributed by atoms with Gasteiger partial charge in [0.05, 0.1) is 15.8 Å². The van der Waals surface area contributed by atoms with Crippen molar-refractivity contribution >= 4 is 32.6 Å². The van der Waals surface area contributed by atoms with Gasteiger partial charge in [-0.1, -0.05) is 23.5 Å². The molecule has 0 atom stereocenters. The van der Waals surface area contributed by atoms with Crippen LogP contribution in [0.4, 0.5) is 5.13 Å². The maximum Gasteiger partial charge on any atom is 0.263 e. The van der Waals surface area contributed by atoms with Crippen LogP contribution in [0.1, 0.15) is 21.9 Å². The van der Waals surface area contributed by atoms with Crippen molar-refractivity contribution in [3.8, 4) is 0 Å². The Bertz CT molecular complexity index is 833. The molecule has 2 heterocycles. The van der Waals surface area contributed by atoms with Crippen molar-refractivity contribution in [2.24, 2.45) is 0 Å². The van der Waals surface area contributed by atoms with Crippen LogP contribution in [-0.4, -0.2) is 43.0 Å². The predicted octanol–water partition coefficient (Wildman–Crippen LogP) is 3.71. The van der Waals surface area contributed by atoms with E-state index in [-0.39, 0.29) is 5.91 Å². The molecule has 1 aromatic carbocycles. The Kier molecular flexibility index (Phi) is 4.69. The van der Waals surface area contributed by atoms with Crippen molar-refractivity contribution in [1.82, 2.24) is 9.88 Å². The second kappa shape index (κ2) is 6.75. The van der Waals surface area contributed by atoms with Crippen LogP contribution in [0, 0.1) is 13.8 Å². The molecular weight excluding hydrogens is 322 g/mol. The Morgan fingerprint density at radius 2 is 1.96 bits per heavy atom. The summed E-state index contributed by atoms with van der Waals surface area (Å²) in [5, 5.41) is 0.723. The molecule has 0 aliphatic rings. The molecule has 3 aromatic rings. The number of amides is 1. The number of hydrogen-bond acceptors (Lipinski definition) is 5. The summed E-state index contributed by atoms with van der Waals surface area (Å²) < 4.78 is 6.61. The van der Waals surface area contributed by atoms with E-state index in [1.54, 1.807) is 11.0 Å². The lowest BCUT2D eigenvalue weighted by molar-refractivity contribution is 0.0984. The van der Waals surface area contributed by atoms with E-state index in [1.165, 1.54) is 11.3 Å². The minimum absolute atomic E-state index is 0.0646. The lowest BCUT2D eigenvalue weighted by Gasteiger charge is -2.21. The molecule has 0 bridgehead atoms. The number of benzene rings is 1. The maximum atomic E-state index is 13.1. The Hall–Kier alpha value is -2.18. The Morgan fingerprint density at radius 3 is 2.58 bits per heavy atom. The first-order valence-electron chi connectivity index (χ1n) is 7.85. The summed E-state index contributed by atoms with van der Waals surface area (Å²) in [5.41, 5.74) is 1.52. The predicted molar refractivity (Wildman–Crippen MR) is 98.0 cm³/mol. The first-order valence-corrected chi connectivity index (χ1v) is 8.66. The smallest absolute Gasteiger partial charge is 0.263 e.